The number of nitrogens with two attached hydrogens (primary N) is 1. The summed E-state index contributed by atoms with van der Waals surface area (Å²) in [6, 6.07) is 9.24. The minimum absolute atomic E-state index is 0.0797. The number of hydrogen-bond acceptors (Lipinski definition) is 6. The first kappa shape index (κ1) is 16.4. The van der Waals surface area contributed by atoms with Gasteiger partial charge in [-0.25, -0.2) is 0 Å². The topological polar surface area (TPSA) is 102 Å². The summed E-state index contributed by atoms with van der Waals surface area (Å²) in [4.78, 5) is 14.6. The molecule has 1 saturated heterocycles. The summed E-state index contributed by atoms with van der Waals surface area (Å²) in [6.07, 6.45) is 1.63. The van der Waals surface area contributed by atoms with E-state index in [-0.39, 0.29) is 11.9 Å². The molecule has 1 aromatic carbocycles. The van der Waals surface area contributed by atoms with E-state index in [9.17, 15) is 4.79 Å². The second-order valence-electron chi connectivity index (χ2n) is 6.03. The number of nitrogens with zero attached hydrogens (tertiary/aromatic N) is 5. The molecule has 8 nitrogen and oxygen atoms in total. The van der Waals surface area contributed by atoms with E-state index >= 15 is 0 Å². The first-order valence-corrected chi connectivity index (χ1v) is 8.32. The minimum atomic E-state index is -0.352. The largest absolute Gasteiger partial charge is 0.341 e. The van der Waals surface area contributed by atoms with Gasteiger partial charge in [0.1, 0.15) is 6.04 Å². The van der Waals surface area contributed by atoms with Crippen molar-refractivity contribution in [2.75, 3.05) is 25.0 Å². The Kier molecular flexibility index (Phi) is 5.05. The number of carbonyl (C=O) groups excluding carboxylic acids is 1. The summed E-state index contributed by atoms with van der Waals surface area (Å²) in [5, 5.41) is 14.9. The van der Waals surface area contributed by atoms with Gasteiger partial charge in [-0.15, -0.1) is 0 Å². The average molecular weight is 329 g/mol. The van der Waals surface area contributed by atoms with E-state index in [4.69, 9.17) is 5.73 Å². The molecular formula is C16H23N7O. The molecule has 2 aromatic rings. The quantitative estimate of drug-likeness (QED) is 0.807. The number of aromatic nitrogens is 4. The fourth-order valence-corrected chi connectivity index (χ4v) is 2.96. The zero-order valence-electron chi connectivity index (χ0n) is 13.8. The predicted molar refractivity (Wildman–Crippen MR) is 90.6 cm³/mol. The fraction of sp³-hybridized carbons (Fsp3) is 0.500. The normalized spacial score (nSPS) is 18.6. The third-order valence-corrected chi connectivity index (χ3v) is 4.41. The van der Waals surface area contributed by atoms with Gasteiger partial charge in [0.05, 0.1) is 5.69 Å². The van der Waals surface area contributed by atoms with Crippen LogP contribution in [0, 0.1) is 5.92 Å². The summed E-state index contributed by atoms with van der Waals surface area (Å²) in [7, 11) is 0. The number of hydrogen-bond donors (Lipinski definition) is 2. The molecule has 0 bridgehead atoms. The number of tetrazole rings is 1. The highest BCUT2D eigenvalue weighted by atomic mass is 16.2. The molecule has 1 aliphatic heterocycles. The van der Waals surface area contributed by atoms with Gasteiger partial charge in [0.25, 0.3) is 0 Å². The van der Waals surface area contributed by atoms with Gasteiger partial charge in [-0.2, -0.15) is 4.68 Å². The lowest BCUT2D eigenvalue weighted by Crippen LogP contribution is -2.42. The summed E-state index contributed by atoms with van der Waals surface area (Å²) in [6.45, 7) is 4.10. The lowest BCUT2D eigenvalue weighted by molar-refractivity contribution is -0.131. The van der Waals surface area contributed by atoms with E-state index in [1.165, 1.54) is 0 Å². The molecule has 8 heteroatoms. The van der Waals surface area contributed by atoms with E-state index in [0.717, 1.165) is 25.2 Å². The standard InChI is InChI=1S/C16H23N7O/c1-2-14(15(24)22-9-8-12(10-17)11-22)18-16-19-20-21-23(16)13-6-4-3-5-7-13/h3-7,12,14H,2,8-11,17H2,1H3,(H,18,19,21)/t12-,14+/m1/s1. The molecule has 3 rings (SSSR count). The van der Waals surface area contributed by atoms with Crippen molar-refractivity contribution in [3.8, 4) is 5.69 Å². The van der Waals surface area contributed by atoms with Gasteiger partial charge in [-0.05, 0) is 47.9 Å². The smallest absolute Gasteiger partial charge is 0.248 e. The Labute approximate surface area is 141 Å². The third kappa shape index (κ3) is 3.38. The Hall–Kier alpha value is -2.48. The van der Waals surface area contributed by atoms with Crippen LogP contribution in [0.4, 0.5) is 5.95 Å². The van der Waals surface area contributed by atoms with E-state index < -0.39 is 0 Å². The molecule has 1 fully saturated rings. The van der Waals surface area contributed by atoms with Crippen LogP contribution in [0.1, 0.15) is 19.8 Å². The monoisotopic (exact) mass is 329 g/mol. The lowest BCUT2D eigenvalue weighted by atomic mass is 10.1. The van der Waals surface area contributed by atoms with Crippen molar-refractivity contribution >= 4 is 11.9 Å². The molecular weight excluding hydrogens is 306 g/mol. The molecule has 0 radical (unpaired) electrons. The van der Waals surface area contributed by atoms with Gasteiger partial charge < -0.3 is 16.0 Å². The molecule has 1 aromatic heterocycles. The van der Waals surface area contributed by atoms with Crippen molar-refractivity contribution in [2.24, 2.45) is 11.7 Å². The second kappa shape index (κ2) is 7.39. The predicted octanol–water partition coefficient (Wildman–Crippen LogP) is 0.660. The van der Waals surface area contributed by atoms with Crippen LogP contribution >= 0.6 is 0 Å². The van der Waals surface area contributed by atoms with Gasteiger partial charge in [0.2, 0.25) is 11.9 Å². The molecule has 0 saturated carbocycles. The highest BCUT2D eigenvalue weighted by molar-refractivity contribution is 5.84. The van der Waals surface area contributed by atoms with Crippen molar-refractivity contribution in [3.05, 3.63) is 30.3 Å². The maximum absolute atomic E-state index is 12.8. The van der Waals surface area contributed by atoms with Crippen molar-refractivity contribution in [2.45, 2.75) is 25.8 Å². The molecule has 2 heterocycles. The maximum atomic E-state index is 12.8. The number of rotatable bonds is 6. The van der Waals surface area contributed by atoms with E-state index in [1.807, 2.05) is 42.2 Å². The number of amides is 1. The first-order valence-electron chi connectivity index (χ1n) is 8.32. The van der Waals surface area contributed by atoms with Crippen LogP contribution in [0.5, 0.6) is 0 Å². The van der Waals surface area contributed by atoms with E-state index in [1.54, 1.807) is 4.68 Å². The van der Waals surface area contributed by atoms with Crippen LogP contribution in [-0.4, -0.2) is 56.7 Å². The molecule has 2 atom stereocenters. The number of nitrogens with one attached hydrogen (secondary N) is 1. The SMILES string of the molecule is CC[C@H](Nc1nnnn1-c1ccccc1)C(=O)N1CC[C@H](CN)C1. The average Bonchev–Trinajstić information content (AvgIpc) is 3.29. The lowest BCUT2D eigenvalue weighted by Gasteiger charge is -2.23. The van der Waals surface area contributed by atoms with Crippen molar-refractivity contribution in [1.82, 2.24) is 25.1 Å². The molecule has 0 spiro atoms. The Morgan fingerprint density at radius 2 is 2.21 bits per heavy atom. The van der Waals surface area contributed by atoms with Crippen LogP contribution in [-0.2, 0) is 4.79 Å². The summed E-state index contributed by atoms with van der Waals surface area (Å²) in [5.74, 6) is 0.952. The van der Waals surface area contributed by atoms with Gasteiger partial charge in [0.15, 0.2) is 0 Å². The van der Waals surface area contributed by atoms with Gasteiger partial charge in [0, 0.05) is 13.1 Å². The zero-order valence-corrected chi connectivity index (χ0v) is 13.8. The third-order valence-electron chi connectivity index (χ3n) is 4.41. The number of benzene rings is 1. The highest BCUT2D eigenvalue weighted by Crippen LogP contribution is 2.18. The molecule has 0 unspecified atom stereocenters. The van der Waals surface area contributed by atoms with Crippen LogP contribution < -0.4 is 11.1 Å². The summed E-state index contributed by atoms with van der Waals surface area (Å²) < 4.78 is 1.60. The van der Waals surface area contributed by atoms with Gasteiger partial charge >= 0.3 is 0 Å². The molecule has 1 amide bonds. The maximum Gasteiger partial charge on any atom is 0.248 e. The highest BCUT2D eigenvalue weighted by Gasteiger charge is 2.30. The van der Waals surface area contributed by atoms with Crippen LogP contribution in [0.25, 0.3) is 5.69 Å². The number of anilines is 1. The molecule has 24 heavy (non-hydrogen) atoms. The Bertz CT molecular complexity index is 672. The number of carbonyl (C=O) groups is 1. The minimum Gasteiger partial charge on any atom is -0.341 e. The van der Waals surface area contributed by atoms with Crippen molar-refractivity contribution in [3.63, 3.8) is 0 Å². The van der Waals surface area contributed by atoms with Crippen molar-refractivity contribution in [1.29, 1.82) is 0 Å². The molecule has 3 N–H and O–H groups in total. The fourth-order valence-electron chi connectivity index (χ4n) is 2.96. The summed E-state index contributed by atoms with van der Waals surface area (Å²) in [5.41, 5.74) is 6.56. The van der Waals surface area contributed by atoms with Crippen LogP contribution in [0.2, 0.25) is 0 Å². The van der Waals surface area contributed by atoms with Gasteiger partial charge in [-0.1, -0.05) is 30.2 Å². The number of likely N-dealkylation sites (tertiary alicyclic amines) is 1. The van der Waals surface area contributed by atoms with E-state index in [0.29, 0.717) is 24.8 Å². The summed E-state index contributed by atoms with van der Waals surface area (Å²) >= 11 is 0. The van der Waals surface area contributed by atoms with Crippen LogP contribution in [0.15, 0.2) is 30.3 Å². The zero-order chi connectivity index (χ0) is 16.9. The Balaban J connectivity index is 1.73. The van der Waals surface area contributed by atoms with E-state index in [2.05, 4.69) is 20.8 Å². The molecule has 128 valence electrons. The molecule has 1 aliphatic rings. The Morgan fingerprint density at radius 1 is 1.42 bits per heavy atom. The Morgan fingerprint density at radius 3 is 2.88 bits per heavy atom. The second-order valence-corrected chi connectivity index (χ2v) is 6.03. The molecule has 0 aliphatic carbocycles. The first-order chi connectivity index (χ1) is 11.7. The van der Waals surface area contributed by atoms with Crippen LogP contribution in [0.3, 0.4) is 0 Å². The van der Waals surface area contributed by atoms with Gasteiger partial charge in [-0.3, -0.25) is 4.79 Å². The number of para-hydroxylation sites is 1. The van der Waals surface area contributed by atoms with Crippen molar-refractivity contribution < 1.29 is 4.79 Å².